The summed E-state index contributed by atoms with van der Waals surface area (Å²) in [6.45, 7) is 4.31. The molecule has 298 valence electrons. The molecule has 2 aliphatic heterocycles. The Bertz CT molecular complexity index is 2290. The van der Waals surface area contributed by atoms with E-state index in [2.05, 4.69) is 49.1 Å². The van der Waals surface area contributed by atoms with Crippen molar-refractivity contribution >= 4 is 83.6 Å². The van der Waals surface area contributed by atoms with Crippen LogP contribution in [0.15, 0.2) is 84.9 Å². The molecule has 0 amide bonds. The van der Waals surface area contributed by atoms with E-state index < -0.39 is 0 Å². The van der Waals surface area contributed by atoms with Gasteiger partial charge in [0.1, 0.15) is 11.5 Å². The number of nitrogens with one attached hydrogen (secondary N) is 2. The highest BCUT2D eigenvalue weighted by Gasteiger charge is 2.16. The standard InChI is InChI=1S/C48H50N4O4S2/c1-3-5-7-39(57)21-27-45(53)55-37-17-9-31(10-18-37)47-41-23-13-33(49-41)29-35-15-25-43(51-35)48(44-26-16-36(52-44)30-34-14-24-42(47)50-34)32-11-19-38(20-12-32)56-46(54)28-22-40(58)8-6-4-2/h9-20,23-26,29-30,39-40,49,52,57-58H,3-8,21-22,27-28H2,1-2H3. The highest BCUT2D eigenvalue weighted by atomic mass is 32.1. The Kier molecular flexibility index (Phi) is 13.7. The largest absolute Gasteiger partial charge is 0.427 e. The van der Waals surface area contributed by atoms with E-state index >= 15 is 0 Å². The molecular weight excluding hydrogens is 761 g/mol. The van der Waals surface area contributed by atoms with E-state index in [4.69, 9.17) is 19.4 Å². The maximum absolute atomic E-state index is 12.6. The minimum atomic E-state index is -0.253. The first-order valence-corrected chi connectivity index (χ1v) is 21.4. The first-order valence-electron chi connectivity index (χ1n) is 20.3. The first-order chi connectivity index (χ1) is 28.2. The second-order valence-electron chi connectivity index (χ2n) is 14.9. The number of ether oxygens (including phenoxy) is 2. The molecule has 2 N–H and O–H groups in total. The third-order valence-electron chi connectivity index (χ3n) is 10.3. The van der Waals surface area contributed by atoms with Crippen molar-refractivity contribution in [1.29, 1.82) is 0 Å². The second kappa shape index (κ2) is 19.4. The predicted molar refractivity (Wildman–Crippen MR) is 244 cm³/mol. The summed E-state index contributed by atoms with van der Waals surface area (Å²) in [5.41, 5.74) is 10.5. The van der Waals surface area contributed by atoms with Crippen LogP contribution in [-0.2, 0) is 9.59 Å². The van der Waals surface area contributed by atoms with Crippen molar-refractivity contribution < 1.29 is 19.1 Å². The highest BCUT2D eigenvalue weighted by molar-refractivity contribution is 7.81. The van der Waals surface area contributed by atoms with Crippen LogP contribution < -0.4 is 9.47 Å². The van der Waals surface area contributed by atoms with Gasteiger partial charge in [-0.3, -0.25) is 9.59 Å². The zero-order valence-corrected chi connectivity index (χ0v) is 34.8. The van der Waals surface area contributed by atoms with Crippen molar-refractivity contribution in [2.75, 3.05) is 0 Å². The number of esters is 2. The predicted octanol–water partition coefficient (Wildman–Crippen LogP) is 12.3. The number of fused-ring (bicyclic) bond motifs is 8. The van der Waals surface area contributed by atoms with Gasteiger partial charge in [0.05, 0.1) is 22.8 Å². The monoisotopic (exact) mass is 810 g/mol. The number of hydrogen-bond acceptors (Lipinski definition) is 8. The van der Waals surface area contributed by atoms with Gasteiger partial charge < -0.3 is 19.4 Å². The number of aromatic nitrogens is 4. The van der Waals surface area contributed by atoms with Crippen molar-refractivity contribution in [1.82, 2.24) is 19.9 Å². The Morgan fingerprint density at radius 1 is 0.569 bits per heavy atom. The molecule has 2 unspecified atom stereocenters. The third kappa shape index (κ3) is 10.6. The zero-order valence-electron chi connectivity index (χ0n) is 33.0. The van der Waals surface area contributed by atoms with Crippen molar-refractivity contribution in [3.8, 4) is 33.8 Å². The summed E-state index contributed by atoms with van der Waals surface area (Å²) >= 11 is 9.26. The number of carbonyl (C=O) groups is 2. The van der Waals surface area contributed by atoms with Gasteiger partial charge in [-0.2, -0.15) is 25.3 Å². The van der Waals surface area contributed by atoms with Crippen molar-refractivity contribution in [3.05, 3.63) is 108 Å². The van der Waals surface area contributed by atoms with Crippen LogP contribution in [0, 0.1) is 0 Å². The highest BCUT2D eigenvalue weighted by Crippen LogP contribution is 2.34. The maximum atomic E-state index is 12.6. The molecule has 58 heavy (non-hydrogen) atoms. The average Bonchev–Trinajstić information content (AvgIpc) is 4.07. The Balaban J connectivity index is 1.19. The molecule has 0 spiro atoms. The lowest BCUT2D eigenvalue weighted by molar-refractivity contribution is -0.135. The van der Waals surface area contributed by atoms with Crippen LogP contribution >= 0.6 is 25.3 Å². The number of unbranched alkanes of at least 4 members (excludes halogenated alkanes) is 2. The maximum Gasteiger partial charge on any atom is 0.311 e. The molecular formula is C48H50N4O4S2. The molecule has 0 saturated heterocycles. The van der Waals surface area contributed by atoms with E-state index in [-0.39, 0.29) is 22.4 Å². The molecule has 7 rings (SSSR count). The van der Waals surface area contributed by atoms with Gasteiger partial charge in [-0.25, -0.2) is 9.97 Å². The Hall–Kier alpha value is -5.32. The summed E-state index contributed by atoms with van der Waals surface area (Å²) < 4.78 is 11.4. The Morgan fingerprint density at radius 3 is 1.38 bits per heavy atom. The van der Waals surface area contributed by atoms with Crippen molar-refractivity contribution in [2.45, 2.75) is 88.6 Å². The number of thiol groups is 2. The quantitative estimate of drug-likeness (QED) is 0.0440. The van der Waals surface area contributed by atoms with Crippen LogP contribution in [0.3, 0.4) is 0 Å². The van der Waals surface area contributed by atoms with Crippen LogP contribution in [0.25, 0.3) is 68.6 Å². The average molecular weight is 811 g/mol. The molecule has 0 saturated carbocycles. The molecule has 2 aliphatic rings. The Morgan fingerprint density at radius 2 is 0.983 bits per heavy atom. The van der Waals surface area contributed by atoms with Gasteiger partial charge in [0, 0.05) is 56.5 Å². The van der Waals surface area contributed by atoms with Crippen LogP contribution in [-0.4, -0.2) is 42.4 Å². The number of benzene rings is 2. The number of aromatic amines is 2. The molecule has 8 bridgehead atoms. The smallest absolute Gasteiger partial charge is 0.311 e. The molecule has 5 aromatic rings. The van der Waals surface area contributed by atoms with Crippen LogP contribution in [0.4, 0.5) is 0 Å². The lowest BCUT2D eigenvalue weighted by atomic mass is 10.0. The van der Waals surface area contributed by atoms with E-state index in [9.17, 15) is 9.59 Å². The summed E-state index contributed by atoms with van der Waals surface area (Å²) in [6, 6.07) is 27.4. The van der Waals surface area contributed by atoms with Crippen molar-refractivity contribution in [2.24, 2.45) is 0 Å². The summed E-state index contributed by atoms with van der Waals surface area (Å²) in [7, 11) is 0. The van der Waals surface area contributed by atoms with Gasteiger partial charge in [0.2, 0.25) is 0 Å². The molecule has 10 heteroatoms. The molecule has 3 aromatic heterocycles. The summed E-state index contributed by atoms with van der Waals surface area (Å²) in [4.78, 5) is 42.5. The zero-order chi connectivity index (χ0) is 40.4. The summed E-state index contributed by atoms with van der Waals surface area (Å²) in [5, 5.41) is 0.397. The van der Waals surface area contributed by atoms with Gasteiger partial charge in [0.15, 0.2) is 0 Å². The summed E-state index contributed by atoms with van der Waals surface area (Å²) in [5.74, 6) is 0.500. The Labute approximate surface area is 351 Å². The molecule has 2 atom stereocenters. The van der Waals surface area contributed by atoms with E-state index in [1.165, 1.54) is 0 Å². The van der Waals surface area contributed by atoms with Crippen LogP contribution in [0.1, 0.15) is 101 Å². The topological polar surface area (TPSA) is 110 Å². The third-order valence-corrected chi connectivity index (χ3v) is 11.3. The molecule has 2 aromatic carbocycles. The van der Waals surface area contributed by atoms with Gasteiger partial charge >= 0.3 is 11.9 Å². The van der Waals surface area contributed by atoms with Crippen LogP contribution in [0.2, 0.25) is 0 Å². The van der Waals surface area contributed by atoms with E-state index in [0.29, 0.717) is 37.2 Å². The first kappa shape index (κ1) is 40.9. The van der Waals surface area contributed by atoms with Gasteiger partial charge in [0.25, 0.3) is 0 Å². The minimum Gasteiger partial charge on any atom is -0.427 e. The van der Waals surface area contributed by atoms with E-state index in [0.717, 1.165) is 106 Å². The van der Waals surface area contributed by atoms with E-state index in [1.807, 2.05) is 109 Å². The lowest BCUT2D eigenvalue weighted by Crippen LogP contribution is -2.10. The van der Waals surface area contributed by atoms with Gasteiger partial charge in [-0.15, -0.1) is 0 Å². The fourth-order valence-corrected chi connectivity index (χ4v) is 7.79. The van der Waals surface area contributed by atoms with Gasteiger partial charge in [-0.1, -0.05) is 63.8 Å². The molecule has 5 heterocycles. The number of H-pyrrole nitrogens is 2. The lowest BCUT2D eigenvalue weighted by Gasteiger charge is -2.10. The summed E-state index contributed by atoms with van der Waals surface area (Å²) in [6.07, 6.45) is 16.6. The number of rotatable bonds is 16. The number of nitrogens with zero attached hydrogens (tertiary/aromatic N) is 2. The number of hydrogen-bond donors (Lipinski definition) is 4. The molecule has 0 radical (unpaired) electrons. The second-order valence-corrected chi connectivity index (χ2v) is 16.3. The number of carbonyl (C=O) groups excluding carboxylic acids is 2. The SMILES string of the molecule is CCCCC(S)CCC(=O)Oc1ccc(-c2c3nc(cc4ccc([nH]4)c(-c4ccc(OC(=O)CCC(S)CCCC)cc4)c4nc(cc5ccc2[nH]5)C=C4)C=C3)cc1. The van der Waals surface area contributed by atoms with Gasteiger partial charge in [-0.05, 0) is 122 Å². The van der Waals surface area contributed by atoms with E-state index in [1.54, 1.807) is 0 Å². The fraction of sp³-hybridized carbons (Fsp3) is 0.292. The molecule has 8 nitrogen and oxygen atoms in total. The molecule has 0 fully saturated rings. The van der Waals surface area contributed by atoms with Crippen molar-refractivity contribution in [3.63, 3.8) is 0 Å². The molecule has 0 aliphatic carbocycles. The minimum absolute atomic E-state index is 0.199. The normalized spacial score (nSPS) is 13.0. The fourth-order valence-electron chi connectivity index (χ4n) is 7.16. The van der Waals surface area contributed by atoms with Crippen LogP contribution in [0.5, 0.6) is 11.5 Å².